The second-order valence-electron chi connectivity index (χ2n) is 7.67. The second kappa shape index (κ2) is 7.24. The number of hydrogen-bond acceptors (Lipinski definition) is 3. The molecular formula is C17H35N3. The first-order chi connectivity index (χ1) is 9.47. The molecule has 3 heteroatoms. The molecule has 1 aliphatic heterocycles. The number of nitrogens with zero attached hydrogens (tertiary/aromatic N) is 2. The van der Waals surface area contributed by atoms with Crippen molar-refractivity contribution in [1.82, 2.24) is 9.80 Å². The first kappa shape index (κ1) is 16.3. The first-order valence-corrected chi connectivity index (χ1v) is 8.69. The molecule has 0 aromatic heterocycles. The van der Waals surface area contributed by atoms with E-state index < -0.39 is 0 Å². The van der Waals surface area contributed by atoms with Crippen LogP contribution in [0.1, 0.15) is 47.0 Å². The molecule has 1 saturated carbocycles. The van der Waals surface area contributed by atoms with E-state index in [2.05, 4.69) is 37.5 Å². The van der Waals surface area contributed by atoms with Gasteiger partial charge in [-0.05, 0) is 50.9 Å². The molecule has 1 aliphatic carbocycles. The van der Waals surface area contributed by atoms with Gasteiger partial charge in [-0.15, -0.1) is 0 Å². The van der Waals surface area contributed by atoms with Gasteiger partial charge in [0.2, 0.25) is 0 Å². The van der Waals surface area contributed by atoms with Crippen LogP contribution in [-0.4, -0.2) is 54.6 Å². The minimum Gasteiger partial charge on any atom is -0.327 e. The molecule has 1 heterocycles. The zero-order valence-corrected chi connectivity index (χ0v) is 14.0. The van der Waals surface area contributed by atoms with Gasteiger partial charge in [-0.2, -0.15) is 0 Å². The number of piperazine rings is 1. The Kier molecular flexibility index (Phi) is 5.88. The van der Waals surface area contributed by atoms with Crippen molar-refractivity contribution in [1.29, 1.82) is 0 Å². The summed E-state index contributed by atoms with van der Waals surface area (Å²) in [4.78, 5) is 5.25. The van der Waals surface area contributed by atoms with E-state index in [1.165, 1.54) is 52.0 Å². The topological polar surface area (TPSA) is 32.5 Å². The number of rotatable bonds is 4. The van der Waals surface area contributed by atoms with Crippen LogP contribution in [0.15, 0.2) is 0 Å². The van der Waals surface area contributed by atoms with Crippen LogP contribution in [-0.2, 0) is 0 Å². The highest BCUT2D eigenvalue weighted by Gasteiger charge is 2.31. The Morgan fingerprint density at radius 1 is 1.00 bits per heavy atom. The summed E-state index contributed by atoms with van der Waals surface area (Å²) in [5.74, 6) is 2.45. The van der Waals surface area contributed by atoms with Crippen LogP contribution >= 0.6 is 0 Å². The van der Waals surface area contributed by atoms with Crippen molar-refractivity contribution in [3.8, 4) is 0 Å². The van der Waals surface area contributed by atoms with Gasteiger partial charge in [-0.25, -0.2) is 0 Å². The molecule has 0 spiro atoms. The van der Waals surface area contributed by atoms with Crippen molar-refractivity contribution in [3.63, 3.8) is 0 Å². The first-order valence-electron chi connectivity index (χ1n) is 8.69. The lowest BCUT2D eigenvalue weighted by Gasteiger charge is -2.42. The van der Waals surface area contributed by atoms with Gasteiger partial charge in [-0.3, -0.25) is 4.90 Å². The van der Waals surface area contributed by atoms with Crippen LogP contribution in [0.4, 0.5) is 0 Å². The smallest absolute Gasteiger partial charge is 0.0113 e. The quantitative estimate of drug-likeness (QED) is 0.859. The van der Waals surface area contributed by atoms with Crippen LogP contribution in [0.25, 0.3) is 0 Å². The van der Waals surface area contributed by atoms with Crippen LogP contribution < -0.4 is 5.73 Å². The molecule has 2 fully saturated rings. The van der Waals surface area contributed by atoms with E-state index in [4.69, 9.17) is 5.73 Å². The van der Waals surface area contributed by atoms with Crippen molar-refractivity contribution in [2.45, 2.75) is 59.0 Å². The maximum atomic E-state index is 6.40. The maximum Gasteiger partial charge on any atom is 0.0113 e. The summed E-state index contributed by atoms with van der Waals surface area (Å²) in [6.07, 6.45) is 3.93. The van der Waals surface area contributed by atoms with Crippen LogP contribution in [0.5, 0.6) is 0 Å². The molecule has 3 unspecified atom stereocenters. The molecule has 0 aromatic carbocycles. The molecule has 2 rings (SSSR count). The molecule has 0 aromatic rings. The van der Waals surface area contributed by atoms with Crippen molar-refractivity contribution < 1.29 is 0 Å². The Morgan fingerprint density at radius 3 is 2.20 bits per heavy atom. The van der Waals surface area contributed by atoms with Gasteiger partial charge in [0.15, 0.2) is 0 Å². The van der Waals surface area contributed by atoms with E-state index in [9.17, 15) is 0 Å². The third kappa shape index (κ3) is 4.19. The zero-order chi connectivity index (χ0) is 14.7. The highest BCUT2D eigenvalue weighted by atomic mass is 15.3. The van der Waals surface area contributed by atoms with Gasteiger partial charge in [0.1, 0.15) is 0 Å². The van der Waals surface area contributed by atoms with Crippen molar-refractivity contribution in [2.24, 2.45) is 23.5 Å². The molecule has 0 bridgehead atoms. The monoisotopic (exact) mass is 281 g/mol. The molecule has 2 N–H and O–H groups in total. The minimum atomic E-state index is 0.438. The van der Waals surface area contributed by atoms with Crippen LogP contribution in [0.3, 0.4) is 0 Å². The second-order valence-corrected chi connectivity index (χ2v) is 7.67. The van der Waals surface area contributed by atoms with Crippen molar-refractivity contribution >= 4 is 0 Å². The SMILES string of the molecule is CC(C)C1CCC(N)C(CN2CCN(C(C)C)CC2)C1. The number of nitrogens with two attached hydrogens (primary N) is 1. The summed E-state index contributed by atoms with van der Waals surface area (Å²) < 4.78 is 0. The standard InChI is InChI=1S/C17H35N3/c1-13(2)15-5-6-17(18)16(11-15)12-19-7-9-20(10-8-19)14(3)4/h13-17H,5-12,18H2,1-4H3. The maximum absolute atomic E-state index is 6.40. The van der Waals surface area contributed by atoms with Gasteiger partial charge < -0.3 is 10.6 Å². The normalized spacial score (nSPS) is 34.0. The summed E-state index contributed by atoms with van der Waals surface area (Å²) >= 11 is 0. The molecule has 20 heavy (non-hydrogen) atoms. The molecule has 118 valence electrons. The molecule has 3 atom stereocenters. The number of hydrogen-bond donors (Lipinski definition) is 1. The van der Waals surface area contributed by atoms with E-state index in [-0.39, 0.29) is 0 Å². The molecule has 0 radical (unpaired) electrons. The minimum absolute atomic E-state index is 0.438. The fraction of sp³-hybridized carbons (Fsp3) is 1.00. The molecule has 0 amide bonds. The van der Waals surface area contributed by atoms with E-state index in [1.54, 1.807) is 0 Å². The zero-order valence-electron chi connectivity index (χ0n) is 14.0. The van der Waals surface area contributed by atoms with Gasteiger partial charge in [0.05, 0.1) is 0 Å². The lowest BCUT2D eigenvalue weighted by Crippen LogP contribution is -2.52. The Labute approximate surface area is 125 Å². The predicted octanol–water partition coefficient (Wildman–Crippen LogP) is 2.41. The molecule has 2 aliphatic rings. The average molecular weight is 281 g/mol. The van der Waals surface area contributed by atoms with Gasteiger partial charge in [0, 0.05) is 44.8 Å². The van der Waals surface area contributed by atoms with E-state index in [0.29, 0.717) is 12.1 Å². The molecule has 1 saturated heterocycles. The lowest BCUT2D eigenvalue weighted by molar-refractivity contribution is 0.0759. The third-order valence-corrected chi connectivity index (χ3v) is 5.65. The van der Waals surface area contributed by atoms with Crippen LogP contribution in [0.2, 0.25) is 0 Å². The van der Waals surface area contributed by atoms with Gasteiger partial charge in [0.25, 0.3) is 0 Å². The summed E-state index contributed by atoms with van der Waals surface area (Å²) in [5, 5.41) is 0. The Bertz CT molecular complexity index is 282. The average Bonchev–Trinajstić information content (AvgIpc) is 2.41. The van der Waals surface area contributed by atoms with Crippen molar-refractivity contribution in [2.75, 3.05) is 32.7 Å². The van der Waals surface area contributed by atoms with E-state index in [1.807, 2.05) is 0 Å². The summed E-state index contributed by atoms with van der Waals surface area (Å²) in [6, 6.07) is 1.13. The Hall–Kier alpha value is -0.120. The van der Waals surface area contributed by atoms with Gasteiger partial charge in [-0.1, -0.05) is 13.8 Å². The lowest BCUT2D eigenvalue weighted by atomic mass is 9.73. The molecule has 3 nitrogen and oxygen atoms in total. The third-order valence-electron chi connectivity index (χ3n) is 5.65. The van der Waals surface area contributed by atoms with Crippen molar-refractivity contribution in [3.05, 3.63) is 0 Å². The summed E-state index contributed by atoms with van der Waals surface area (Å²) in [7, 11) is 0. The van der Waals surface area contributed by atoms with E-state index >= 15 is 0 Å². The largest absolute Gasteiger partial charge is 0.327 e. The fourth-order valence-electron chi connectivity index (χ4n) is 3.93. The fourth-order valence-corrected chi connectivity index (χ4v) is 3.93. The summed E-state index contributed by atoms with van der Waals surface area (Å²) in [6.45, 7) is 15.5. The molecular weight excluding hydrogens is 246 g/mol. The van der Waals surface area contributed by atoms with E-state index in [0.717, 1.165) is 17.8 Å². The predicted molar refractivity (Wildman–Crippen MR) is 86.8 cm³/mol. The Balaban J connectivity index is 1.80. The summed E-state index contributed by atoms with van der Waals surface area (Å²) in [5.41, 5.74) is 6.40. The van der Waals surface area contributed by atoms with Crippen LogP contribution in [0, 0.1) is 17.8 Å². The highest BCUT2D eigenvalue weighted by Crippen LogP contribution is 2.33. The highest BCUT2D eigenvalue weighted by molar-refractivity contribution is 4.87. The Morgan fingerprint density at radius 2 is 1.65 bits per heavy atom. The van der Waals surface area contributed by atoms with Gasteiger partial charge >= 0.3 is 0 Å².